The fourth-order valence-electron chi connectivity index (χ4n) is 7.44. The molecule has 0 fully saturated rings. The van der Waals surface area contributed by atoms with Gasteiger partial charge < -0.3 is 33.6 Å². The summed E-state index contributed by atoms with van der Waals surface area (Å²) in [6.07, 6.45) is 16.9. The summed E-state index contributed by atoms with van der Waals surface area (Å²) in [6, 6.07) is 7.41. The molecule has 0 radical (unpaired) electrons. The normalized spacial score (nSPS) is 20.5. The van der Waals surface area contributed by atoms with E-state index in [9.17, 15) is 9.59 Å². The van der Waals surface area contributed by atoms with Gasteiger partial charge in [-0.25, -0.2) is 0 Å². The molecule has 0 spiro atoms. The molecule has 0 bridgehead atoms. The van der Waals surface area contributed by atoms with Crippen molar-refractivity contribution in [2.75, 3.05) is 52.5 Å². The number of ether oxygens (including phenoxy) is 4. The van der Waals surface area contributed by atoms with Crippen molar-refractivity contribution in [1.29, 1.82) is 0 Å². The monoisotopic (exact) mass is 724 g/mol. The van der Waals surface area contributed by atoms with Gasteiger partial charge in [-0.2, -0.15) is 0 Å². The lowest BCUT2D eigenvalue weighted by molar-refractivity contribution is 0.0742. The molecule has 6 rings (SSSR count). The van der Waals surface area contributed by atoms with Crippen LogP contribution in [0.25, 0.3) is 0 Å². The summed E-state index contributed by atoms with van der Waals surface area (Å²) in [5.74, 6) is 2.29. The maximum absolute atomic E-state index is 13.6. The van der Waals surface area contributed by atoms with E-state index in [0.29, 0.717) is 66.1 Å². The maximum Gasteiger partial charge on any atom is 0.257 e. The first-order valence-electron chi connectivity index (χ1n) is 18.4. The van der Waals surface area contributed by atoms with E-state index in [1.54, 1.807) is 20.3 Å². The average molecular weight is 725 g/mol. The zero-order valence-electron chi connectivity index (χ0n) is 33.1. The van der Waals surface area contributed by atoms with Crippen molar-refractivity contribution in [3.63, 3.8) is 0 Å². The molecular weight excluding hydrogens is 668 g/mol. The highest BCUT2D eigenvalue weighted by molar-refractivity contribution is 6.04. The van der Waals surface area contributed by atoms with Gasteiger partial charge in [0.2, 0.25) is 0 Å². The number of carbonyl (C=O) groups is 2. The number of anilines is 1. The SMILES string of the molecule is C#C.COc1cc2c(cc1OCCC(C)(C)CCC(C)(C)COc1cc3c(cc1OC)C(=O)N1CC(C)=CC1C=N3)N(C)C(C)[C@H]1C=C(C)CN1C2=O. The fourth-order valence-corrected chi connectivity index (χ4v) is 7.44. The summed E-state index contributed by atoms with van der Waals surface area (Å²) < 4.78 is 24.2. The number of amides is 2. The number of methoxy groups -OCH3 is 2. The predicted octanol–water partition coefficient (Wildman–Crippen LogP) is 7.73. The molecule has 2 aromatic rings. The second kappa shape index (κ2) is 15.6. The third-order valence-electron chi connectivity index (χ3n) is 11.0. The fraction of sp³-hybridized carbons (Fsp3) is 0.512. The van der Waals surface area contributed by atoms with Gasteiger partial charge in [-0.05, 0) is 63.0 Å². The Bertz CT molecular complexity index is 1840. The van der Waals surface area contributed by atoms with E-state index < -0.39 is 0 Å². The Kier molecular flexibility index (Phi) is 11.6. The van der Waals surface area contributed by atoms with E-state index >= 15 is 0 Å². The Morgan fingerprint density at radius 3 is 2.04 bits per heavy atom. The second-order valence-electron chi connectivity index (χ2n) is 16.3. The van der Waals surface area contributed by atoms with Crippen molar-refractivity contribution in [3.05, 3.63) is 58.7 Å². The number of nitrogens with zero attached hydrogens (tertiary/aromatic N) is 4. The van der Waals surface area contributed by atoms with Crippen LogP contribution >= 0.6 is 0 Å². The number of terminal acetylenes is 1. The van der Waals surface area contributed by atoms with E-state index in [1.807, 2.05) is 48.2 Å². The topological polar surface area (TPSA) is 93.1 Å². The molecule has 0 N–H and O–H groups in total. The standard InChI is InChI=1S/C41H54N4O6.C2H2/c1-25-15-28-21-42-31-19-36(34(48-9)17-29(31)38(46)44(28)22-25)51-24-41(6,7)12-11-40(4,5)13-14-50-37-20-33-30(18-35(37)49-10)39(47)45-23-26(2)16-32(45)27(3)43(33)8;1-2/h15-21,27-28,32H,11-14,22-24H2,1-10H3;1-2H/t27?,28?,32-;/m1./s1. The molecule has 0 aliphatic carbocycles. The summed E-state index contributed by atoms with van der Waals surface area (Å²) in [7, 11) is 5.26. The van der Waals surface area contributed by atoms with Crippen molar-refractivity contribution in [1.82, 2.24) is 9.80 Å². The minimum atomic E-state index is -0.130. The van der Waals surface area contributed by atoms with Gasteiger partial charge in [-0.15, -0.1) is 12.8 Å². The van der Waals surface area contributed by atoms with Gasteiger partial charge in [0.05, 0.1) is 62.0 Å². The number of hydrogen-bond acceptors (Lipinski definition) is 8. The number of hydrogen-bond donors (Lipinski definition) is 0. The van der Waals surface area contributed by atoms with Crippen LogP contribution < -0.4 is 23.8 Å². The minimum absolute atomic E-state index is 0.00339. The average Bonchev–Trinajstić information content (AvgIpc) is 3.68. The van der Waals surface area contributed by atoms with Gasteiger partial charge in [0.15, 0.2) is 23.0 Å². The highest BCUT2D eigenvalue weighted by atomic mass is 16.5. The predicted molar refractivity (Wildman–Crippen MR) is 211 cm³/mol. The quantitative estimate of drug-likeness (QED) is 0.163. The van der Waals surface area contributed by atoms with Crippen molar-refractivity contribution >= 4 is 29.4 Å². The first-order chi connectivity index (χ1) is 25.1. The highest BCUT2D eigenvalue weighted by Gasteiger charge is 2.39. The number of likely N-dealkylation sites (N-methyl/N-ethyl adjacent to an activating group) is 1. The maximum atomic E-state index is 13.6. The zero-order chi connectivity index (χ0) is 38.8. The molecule has 10 heteroatoms. The van der Waals surface area contributed by atoms with Crippen LogP contribution in [0.5, 0.6) is 23.0 Å². The van der Waals surface area contributed by atoms with Crippen LogP contribution in [-0.4, -0.2) is 93.5 Å². The lowest BCUT2D eigenvalue weighted by atomic mass is 9.78. The van der Waals surface area contributed by atoms with Gasteiger partial charge in [-0.3, -0.25) is 14.6 Å². The number of rotatable bonds is 12. The summed E-state index contributed by atoms with van der Waals surface area (Å²) >= 11 is 0. The molecule has 4 aliphatic rings. The molecule has 0 aromatic heterocycles. The lowest BCUT2D eigenvalue weighted by Gasteiger charge is -2.32. The van der Waals surface area contributed by atoms with E-state index in [1.165, 1.54) is 5.57 Å². The van der Waals surface area contributed by atoms with Crippen molar-refractivity contribution in [3.8, 4) is 35.8 Å². The van der Waals surface area contributed by atoms with Crippen molar-refractivity contribution in [2.45, 2.75) is 85.9 Å². The third kappa shape index (κ3) is 8.19. The van der Waals surface area contributed by atoms with Crippen LogP contribution in [0.2, 0.25) is 0 Å². The van der Waals surface area contributed by atoms with E-state index in [0.717, 1.165) is 30.5 Å². The van der Waals surface area contributed by atoms with Gasteiger partial charge >= 0.3 is 0 Å². The van der Waals surface area contributed by atoms with E-state index in [2.05, 4.69) is 76.4 Å². The number of fused-ring (bicyclic) bond motifs is 4. The smallest absolute Gasteiger partial charge is 0.257 e. The molecule has 0 saturated carbocycles. The Hall–Kier alpha value is -4.91. The lowest BCUT2D eigenvalue weighted by Crippen LogP contribution is -2.45. The van der Waals surface area contributed by atoms with Crippen LogP contribution in [-0.2, 0) is 0 Å². The first kappa shape index (κ1) is 39.3. The Labute approximate surface area is 315 Å². The highest BCUT2D eigenvalue weighted by Crippen LogP contribution is 2.42. The summed E-state index contributed by atoms with van der Waals surface area (Å²) in [6.45, 7) is 17.5. The summed E-state index contributed by atoms with van der Waals surface area (Å²) in [4.78, 5) is 37.6. The molecule has 4 aliphatic heterocycles. The van der Waals surface area contributed by atoms with E-state index in [-0.39, 0.29) is 40.8 Å². The van der Waals surface area contributed by atoms with Crippen LogP contribution in [0.4, 0.5) is 11.4 Å². The molecule has 2 amide bonds. The van der Waals surface area contributed by atoms with Gasteiger partial charge in [0.1, 0.15) is 0 Å². The summed E-state index contributed by atoms with van der Waals surface area (Å²) in [5, 5.41) is 0. The largest absolute Gasteiger partial charge is 0.493 e. The molecule has 2 aromatic carbocycles. The second-order valence-corrected chi connectivity index (χ2v) is 16.3. The van der Waals surface area contributed by atoms with Crippen LogP contribution in [0, 0.1) is 23.7 Å². The molecule has 284 valence electrons. The summed E-state index contributed by atoms with van der Waals surface area (Å²) in [5.41, 5.74) is 4.88. The zero-order valence-corrected chi connectivity index (χ0v) is 33.1. The van der Waals surface area contributed by atoms with Crippen molar-refractivity contribution in [2.24, 2.45) is 15.8 Å². The van der Waals surface area contributed by atoms with Crippen LogP contribution in [0.15, 0.2) is 52.6 Å². The molecule has 3 atom stereocenters. The molecular formula is C43H56N4O6. The molecule has 4 heterocycles. The number of carbonyl (C=O) groups excluding carboxylic acids is 2. The Morgan fingerprint density at radius 1 is 0.774 bits per heavy atom. The Morgan fingerprint density at radius 2 is 1.36 bits per heavy atom. The molecule has 53 heavy (non-hydrogen) atoms. The van der Waals surface area contributed by atoms with Crippen LogP contribution in [0.3, 0.4) is 0 Å². The first-order valence-corrected chi connectivity index (χ1v) is 18.4. The van der Waals surface area contributed by atoms with Crippen molar-refractivity contribution < 1.29 is 28.5 Å². The van der Waals surface area contributed by atoms with Gasteiger partial charge in [0, 0.05) is 44.5 Å². The third-order valence-corrected chi connectivity index (χ3v) is 11.0. The van der Waals surface area contributed by atoms with Crippen LogP contribution in [0.1, 0.15) is 88.4 Å². The molecule has 10 nitrogen and oxygen atoms in total. The molecule has 0 saturated heterocycles. The molecule has 2 unspecified atom stereocenters. The van der Waals surface area contributed by atoms with Gasteiger partial charge in [-0.1, -0.05) is 51.0 Å². The Balaban J connectivity index is 0.00000266. The number of benzene rings is 2. The van der Waals surface area contributed by atoms with Gasteiger partial charge in [0.25, 0.3) is 11.8 Å². The van der Waals surface area contributed by atoms with E-state index in [4.69, 9.17) is 18.9 Å². The minimum Gasteiger partial charge on any atom is -0.493 e. The number of aliphatic imine (C=N–C) groups is 1.